The molecule has 2 saturated heterocycles. The predicted octanol–water partition coefficient (Wildman–Crippen LogP) is 3.71. The van der Waals surface area contributed by atoms with E-state index in [0.717, 1.165) is 89.6 Å². The van der Waals surface area contributed by atoms with Crippen molar-refractivity contribution in [1.29, 1.82) is 0 Å². The fraction of sp³-hybridized carbons (Fsp3) is 0.704. The molecular weight excluding hydrogens is 428 g/mol. The van der Waals surface area contributed by atoms with Crippen LogP contribution in [0.25, 0.3) is 0 Å². The molecule has 2 heterocycles. The van der Waals surface area contributed by atoms with Crippen molar-refractivity contribution in [3.8, 4) is 0 Å². The number of piperidine rings is 1. The van der Waals surface area contributed by atoms with E-state index in [1.807, 2.05) is 0 Å². The molecule has 1 aromatic rings. The van der Waals surface area contributed by atoms with Crippen molar-refractivity contribution in [2.45, 2.75) is 58.8 Å². The van der Waals surface area contributed by atoms with Crippen molar-refractivity contribution in [1.82, 2.24) is 20.0 Å². The zero-order valence-corrected chi connectivity index (χ0v) is 21.5. The first kappa shape index (κ1) is 24.5. The van der Waals surface area contributed by atoms with Crippen LogP contribution in [0.4, 0.5) is 0 Å². The first-order valence-corrected chi connectivity index (χ1v) is 13.5. The van der Waals surface area contributed by atoms with E-state index >= 15 is 0 Å². The van der Waals surface area contributed by atoms with Crippen LogP contribution in [0.2, 0.25) is 0 Å². The zero-order chi connectivity index (χ0) is 23.3. The van der Waals surface area contributed by atoms with E-state index in [1.165, 1.54) is 17.5 Å². The molecule has 1 amide bonds. The molecule has 1 N–H and O–H groups in total. The largest absolute Gasteiger partial charge is 0.363 e. The van der Waals surface area contributed by atoms with Gasteiger partial charge in [0.2, 0.25) is 5.91 Å². The summed E-state index contributed by atoms with van der Waals surface area (Å²) in [6.45, 7) is 12.7. The van der Waals surface area contributed by atoms with Crippen LogP contribution in [0.5, 0.6) is 0 Å². The van der Waals surface area contributed by atoms with Crippen LogP contribution < -0.4 is 5.32 Å². The van der Waals surface area contributed by atoms with Gasteiger partial charge in [-0.1, -0.05) is 38.1 Å². The molecule has 182 valence electrons. The summed E-state index contributed by atoms with van der Waals surface area (Å²) in [5.74, 6) is 0.848. The van der Waals surface area contributed by atoms with Gasteiger partial charge in [0.15, 0.2) is 5.11 Å². The number of carbonyl (C=O) groups excluding carboxylic acids is 1. The molecule has 0 radical (unpaired) electrons. The lowest BCUT2D eigenvalue weighted by atomic mass is 9.77. The number of nitrogens with zero attached hydrogens (tertiary/aromatic N) is 3. The van der Waals surface area contributed by atoms with Gasteiger partial charge in [-0.25, -0.2) is 0 Å². The molecule has 1 aliphatic carbocycles. The number of nitrogens with one attached hydrogen (secondary N) is 1. The zero-order valence-electron chi connectivity index (χ0n) is 20.7. The lowest BCUT2D eigenvalue weighted by Crippen LogP contribution is -2.46. The minimum absolute atomic E-state index is 0.341. The summed E-state index contributed by atoms with van der Waals surface area (Å²) in [4.78, 5) is 20.0. The van der Waals surface area contributed by atoms with Crippen molar-refractivity contribution in [3.63, 3.8) is 0 Å². The number of carbonyl (C=O) groups is 1. The van der Waals surface area contributed by atoms with E-state index in [1.54, 1.807) is 0 Å². The molecule has 1 aromatic carbocycles. The summed E-state index contributed by atoms with van der Waals surface area (Å²) in [6, 6.07) is 8.68. The van der Waals surface area contributed by atoms with Gasteiger partial charge in [-0.2, -0.15) is 0 Å². The highest BCUT2D eigenvalue weighted by atomic mass is 32.1. The number of hydrogen-bond donors (Lipinski definition) is 1. The van der Waals surface area contributed by atoms with Gasteiger partial charge in [0.05, 0.1) is 0 Å². The number of benzene rings is 1. The SMILES string of the molecule is CCN(CC)CCCNC(=S)N1CCC2(CCN(C(=O)CC3Cc4ccccc4C3)CC2)C1. The van der Waals surface area contributed by atoms with Crippen LogP contribution in [-0.2, 0) is 17.6 Å². The Balaban J connectivity index is 1.17. The highest BCUT2D eigenvalue weighted by Gasteiger charge is 2.42. The maximum atomic E-state index is 13.0. The van der Waals surface area contributed by atoms with Crippen LogP contribution in [0.1, 0.15) is 57.1 Å². The lowest BCUT2D eigenvalue weighted by molar-refractivity contribution is -0.134. The number of amides is 1. The average Bonchev–Trinajstić information content (AvgIpc) is 3.43. The Labute approximate surface area is 205 Å². The van der Waals surface area contributed by atoms with Crippen LogP contribution in [-0.4, -0.2) is 78.1 Å². The summed E-state index contributed by atoms with van der Waals surface area (Å²) in [6.07, 6.45) is 7.39. The van der Waals surface area contributed by atoms with E-state index in [2.05, 4.69) is 58.1 Å². The quantitative estimate of drug-likeness (QED) is 0.463. The highest BCUT2D eigenvalue weighted by molar-refractivity contribution is 7.80. The third kappa shape index (κ3) is 6.07. The molecule has 0 bridgehead atoms. The fourth-order valence-corrected chi connectivity index (χ4v) is 6.32. The Morgan fingerprint density at radius 3 is 2.27 bits per heavy atom. The van der Waals surface area contributed by atoms with Gasteiger partial charge in [-0.05, 0) is 92.8 Å². The van der Waals surface area contributed by atoms with Gasteiger partial charge < -0.3 is 20.0 Å². The minimum Gasteiger partial charge on any atom is -0.363 e. The normalized spacial score (nSPS) is 20.0. The van der Waals surface area contributed by atoms with Crippen LogP contribution in [0, 0.1) is 11.3 Å². The molecule has 1 spiro atoms. The summed E-state index contributed by atoms with van der Waals surface area (Å²) >= 11 is 5.71. The number of rotatable bonds is 8. The second-order valence-corrected chi connectivity index (χ2v) is 10.8. The summed E-state index contributed by atoms with van der Waals surface area (Å²) in [5, 5.41) is 4.41. The molecule has 0 aromatic heterocycles. The highest BCUT2D eigenvalue weighted by Crippen LogP contribution is 2.40. The Morgan fingerprint density at radius 2 is 1.67 bits per heavy atom. The first-order chi connectivity index (χ1) is 16.0. The Hall–Kier alpha value is -1.66. The monoisotopic (exact) mass is 470 g/mol. The van der Waals surface area contributed by atoms with Crippen molar-refractivity contribution < 1.29 is 4.79 Å². The Kier molecular flexibility index (Phi) is 8.29. The first-order valence-electron chi connectivity index (χ1n) is 13.1. The second kappa shape index (κ2) is 11.2. The van der Waals surface area contributed by atoms with Gasteiger partial charge in [-0.15, -0.1) is 0 Å². The van der Waals surface area contributed by atoms with Gasteiger partial charge in [0, 0.05) is 39.1 Å². The van der Waals surface area contributed by atoms with Gasteiger partial charge in [0.25, 0.3) is 0 Å². The summed E-state index contributed by atoms with van der Waals surface area (Å²) < 4.78 is 0. The average molecular weight is 471 g/mol. The van der Waals surface area contributed by atoms with Gasteiger partial charge in [-0.3, -0.25) is 4.79 Å². The third-order valence-electron chi connectivity index (χ3n) is 8.32. The summed E-state index contributed by atoms with van der Waals surface area (Å²) in [5.41, 5.74) is 3.22. The topological polar surface area (TPSA) is 38.8 Å². The number of hydrogen-bond acceptors (Lipinski definition) is 3. The maximum absolute atomic E-state index is 13.0. The molecule has 3 aliphatic rings. The van der Waals surface area contributed by atoms with Crippen molar-refractivity contribution >= 4 is 23.2 Å². The maximum Gasteiger partial charge on any atom is 0.222 e. The molecule has 5 nitrogen and oxygen atoms in total. The molecule has 0 atom stereocenters. The Morgan fingerprint density at radius 1 is 1.06 bits per heavy atom. The van der Waals surface area contributed by atoms with E-state index in [-0.39, 0.29) is 0 Å². The van der Waals surface area contributed by atoms with Crippen molar-refractivity contribution in [2.24, 2.45) is 11.3 Å². The van der Waals surface area contributed by atoms with Crippen LogP contribution in [0.3, 0.4) is 0 Å². The number of fused-ring (bicyclic) bond motifs is 1. The van der Waals surface area contributed by atoms with Gasteiger partial charge in [0.1, 0.15) is 0 Å². The Bertz CT molecular complexity index is 791. The van der Waals surface area contributed by atoms with E-state index in [4.69, 9.17) is 12.2 Å². The van der Waals surface area contributed by atoms with Gasteiger partial charge >= 0.3 is 0 Å². The molecule has 0 unspecified atom stereocenters. The van der Waals surface area contributed by atoms with Crippen LogP contribution in [0.15, 0.2) is 24.3 Å². The lowest BCUT2D eigenvalue weighted by Gasteiger charge is -2.39. The molecule has 0 saturated carbocycles. The fourth-order valence-electron chi connectivity index (χ4n) is 6.07. The summed E-state index contributed by atoms with van der Waals surface area (Å²) in [7, 11) is 0. The number of thiocarbonyl (C=S) groups is 1. The molecule has 2 aliphatic heterocycles. The number of likely N-dealkylation sites (tertiary alicyclic amines) is 2. The molecule has 33 heavy (non-hydrogen) atoms. The third-order valence-corrected chi connectivity index (χ3v) is 8.73. The second-order valence-electron chi connectivity index (χ2n) is 10.4. The van der Waals surface area contributed by atoms with Crippen molar-refractivity contribution in [3.05, 3.63) is 35.4 Å². The smallest absolute Gasteiger partial charge is 0.222 e. The van der Waals surface area contributed by atoms with Crippen LogP contribution >= 0.6 is 12.2 Å². The standard InChI is InChI=1S/C27H42N4OS/c1-3-29(4-2)14-7-13-28-26(33)31-17-12-27(21-31)10-15-30(16-11-27)25(32)20-22-18-23-8-5-6-9-24(23)19-22/h5-6,8-9,22H,3-4,7,10-21H2,1-2H3,(H,28,33). The molecule has 4 rings (SSSR count). The van der Waals surface area contributed by atoms with E-state index in [9.17, 15) is 4.79 Å². The van der Waals surface area contributed by atoms with Crippen molar-refractivity contribution in [2.75, 3.05) is 52.4 Å². The molecular formula is C27H42N4OS. The minimum atomic E-state index is 0.341. The molecule has 6 heteroatoms. The van der Waals surface area contributed by atoms with E-state index < -0.39 is 0 Å². The predicted molar refractivity (Wildman–Crippen MR) is 139 cm³/mol. The van der Waals surface area contributed by atoms with E-state index in [0.29, 0.717) is 23.7 Å². The molecule has 2 fully saturated rings.